The summed E-state index contributed by atoms with van der Waals surface area (Å²) in [7, 11) is 0. The molecule has 2 rings (SSSR count). The molecule has 2 nitrogen and oxygen atoms in total. The molecule has 0 fully saturated rings. The van der Waals surface area contributed by atoms with Crippen LogP contribution in [0.4, 0.5) is 17.6 Å². The Morgan fingerprint density at radius 2 is 1.89 bits per heavy atom. The smallest absolute Gasteiger partial charge is 0.225 e. The third-order valence-electron chi connectivity index (χ3n) is 2.20. The fraction of sp³-hybridized carbons (Fsp3) is 0.200. The third-order valence-corrected chi connectivity index (χ3v) is 3.13. The van der Waals surface area contributed by atoms with Gasteiger partial charge in [0.2, 0.25) is 5.82 Å². The number of halogens is 6. The Bertz CT molecular complexity index is 606. The van der Waals surface area contributed by atoms with Gasteiger partial charge in [-0.25, -0.2) is 18.7 Å². The van der Waals surface area contributed by atoms with Crippen LogP contribution >= 0.6 is 27.5 Å². The van der Waals surface area contributed by atoms with Crippen LogP contribution in [0, 0.1) is 0 Å². The van der Waals surface area contributed by atoms with E-state index in [2.05, 4.69) is 25.9 Å². The molecular formula is C10H4BrClF4N2. The first-order valence-electron chi connectivity index (χ1n) is 4.62. The number of rotatable bonds is 2. The first kappa shape index (κ1) is 13.5. The van der Waals surface area contributed by atoms with Gasteiger partial charge in [-0.15, -0.1) is 0 Å². The van der Waals surface area contributed by atoms with Gasteiger partial charge < -0.3 is 0 Å². The van der Waals surface area contributed by atoms with Gasteiger partial charge in [-0.2, -0.15) is 8.78 Å². The van der Waals surface area contributed by atoms with Crippen LogP contribution < -0.4 is 0 Å². The molecule has 0 saturated carbocycles. The number of fused-ring (bicyclic) bond motifs is 1. The summed E-state index contributed by atoms with van der Waals surface area (Å²) in [4.78, 5) is 6.69. The fourth-order valence-electron chi connectivity index (χ4n) is 1.33. The summed E-state index contributed by atoms with van der Waals surface area (Å²) in [6, 6.07) is 4.65. The van der Waals surface area contributed by atoms with Crippen molar-refractivity contribution in [2.45, 2.75) is 12.3 Å². The molecule has 0 bridgehead atoms. The minimum Gasteiger partial charge on any atom is -0.225 e. The Morgan fingerprint density at radius 1 is 1.22 bits per heavy atom. The van der Waals surface area contributed by atoms with Crippen molar-refractivity contribution < 1.29 is 17.6 Å². The molecule has 0 spiro atoms. The van der Waals surface area contributed by atoms with Crippen molar-refractivity contribution >= 4 is 38.4 Å². The van der Waals surface area contributed by atoms with Crippen LogP contribution in [0.2, 0.25) is 5.15 Å². The maximum absolute atomic E-state index is 13.2. The molecule has 8 heteroatoms. The highest BCUT2D eigenvalue weighted by molar-refractivity contribution is 9.10. The molecule has 0 unspecified atom stereocenters. The van der Waals surface area contributed by atoms with E-state index < -0.39 is 18.2 Å². The van der Waals surface area contributed by atoms with E-state index >= 15 is 0 Å². The molecule has 0 aliphatic carbocycles. The first-order chi connectivity index (χ1) is 8.34. The van der Waals surface area contributed by atoms with Crippen molar-refractivity contribution in [2.24, 2.45) is 0 Å². The molecule has 0 aliphatic rings. The molecule has 18 heavy (non-hydrogen) atoms. The van der Waals surface area contributed by atoms with Gasteiger partial charge in [0.05, 0.1) is 5.52 Å². The Morgan fingerprint density at radius 3 is 2.50 bits per heavy atom. The zero-order chi connectivity index (χ0) is 13.5. The summed E-state index contributed by atoms with van der Waals surface area (Å²) in [6.07, 6.45) is -3.89. The molecule has 0 N–H and O–H groups in total. The Kier molecular flexibility index (Phi) is 3.46. The van der Waals surface area contributed by atoms with Crippen molar-refractivity contribution in [3.63, 3.8) is 0 Å². The number of hydrogen-bond donors (Lipinski definition) is 0. The average Bonchev–Trinajstić information content (AvgIpc) is 2.30. The summed E-state index contributed by atoms with van der Waals surface area (Å²) in [5.74, 6) is -5.73. The number of alkyl halides is 4. The number of hydrogen-bond acceptors (Lipinski definition) is 2. The number of benzene rings is 1. The molecule has 1 aromatic heterocycles. The lowest BCUT2D eigenvalue weighted by Crippen LogP contribution is -2.26. The Balaban J connectivity index is 2.73. The first-order valence-corrected chi connectivity index (χ1v) is 5.79. The summed E-state index contributed by atoms with van der Waals surface area (Å²) in [5.41, 5.74) is 0.0628. The van der Waals surface area contributed by atoms with Gasteiger partial charge in [0.1, 0.15) is 5.15 Å². The van der Waals surface area contributed by atoms with E-state index in [1.165, 1.54) is 12.1 Å². The summed E-state index contributed by atoms with van der Waals surface area (Å²) >= 11 is 8.78. The SMILES string of the molecule is FC(F)C(F)(F)c1nc(Cl)c2cccc(Br)c2n1. The van der Waals surface area contributed by atoms with E-state index in [0.29, 0.717) is 9.86 Å². The monoisotopic (exact) mass is 342 g/mol. The van der Waals surface area contributed by atoms with Gasteiger partial charge in [0.25, 0.3) is 0 Å². The van der Waals surface area contributed by atoms with E-state index in [1.54, 1.807) is 6.07 Å². The summed E-state index contributed by atoms with van der Waals surface area (Å²) < 4.78 is 51.2. The van der Waals surface area contributed by atoms with E-state index in [-0.39, 0.29) is 10.7 Å². The second-order valence-corrected chi connectivity index (χ2v) is 4.61. The van der Waals surface area contributed by atoms with Crippen molar-refractivity contribution in [3.05, 3.63) is 33.6 Å². The standard InChI is InChI=1S/C10H4BrClF4N2/c11-5-3-1-2-4-6(5)17-9(18-7(4)12)10(15,16)8(13)14/h1-3,8H. The molecular weight excluding hydrogens is 339 g/mol. The quantitative estimate of drug-likeness (QED) is 0.596. The maximum Gasteiger partial charge on any atom is 0.365 e. The van der Waals surface area contributed by atoms with E-state index in [4.69, 9.17) is 11.6 Å². The highest BCUT2D eigenvalue weighted by atomic mass is 79.9. The minimum atomic E-state index is -4.44. The van der Waals surface area contributed by atoms with Crippen LogP contribution in [0.5, 0.6) is 0 Å². The minimum absolute atomic E-state index is 0.0628. The Labute approximate surface area is 112 Å². The predicted octanol–water partition coefficient (Wildman–Crippen LogP) is 4.40. The van der Waals surface area contributed by atoms with E-state index in [9.17, 15) is 17.6 Å². The van der Waals surface area contributed by atoms with Gasteiger partial charge in [0.15, 0.2) is 0 Å². The van der Waals surface area contributed by atoms with Gasteiger partial charge in [0, 0.05) is 9.86 Å². The normalized spacial score (nSPS) is 12.4. The lowest BCUT2D eigenvalue weighted by molar-refractivity contribution is -0.140. The zero-order valence-electron chi connectivity index (χ0n) is 8.47. The van der Waals surface area contributed by atoms with Crippen LogP contribution in [0.3, 0.4) is 0 Å². The second-order valence-electron chi connectivity index (χ2n) is 3.40. The largest absolute Gasteiger partial charge is 0.365 e. The fourth-order valence-corrected chi connectivity index (χ4v) is 2.01. The molecule has 0 atom stereocenters. The van der Waals surface area contributed by atoms with E-state index in [0.717, 1.165) is 0 Å². The molecule has 0 saturated heterocycles. The predicted molar refractivity (Wildman–Crippen MR) is 62.1 cm³/mol. The van der Waals surface area contributed by atoms with Gasteiger partial charge in [-0.3, -0.25) is 0 Å². The molecule has 1 aromatic carbocycles. The molecule has 0 amide bonds. The summed E-state index contributed by atoms with van der Waals surface area (Å²) in [6.45, 7) is 0. The van der Waals surface area contributed by atoms with Gasteiger partial charge in [-0.1, -0.05) is 17.7 Å². The molecule has 0 radical (unpaired) electrons. The van der Waals surface area contributed by atoms with Crippen molar-refractivity contribution in [1.29, 1.82) is 0 Å². The number of para-hydroxylation sites is 1. The average molecular weight is 344 g/mol. The maximum atomic E-state index is 13.2. The van der Waals surface area contributed by atoms with Crippen LogP contribution in [-0.4, -0.2) is 16.4 Å². The molecule has 96 valence electrons. The molecule has 1 heterocycles. The zero-order valence-corrected chi connectivity index (χ0v) is 10.8. The van der Waals surface area contributed by atoms with Crippen LogP contribution in [0.15, 0.2) is 22.7 Å². The molecule has 0 aliphatic heterocycles. The third kappa shape index (κ3) is 2.16. The number of nitrogens with zero attached hydrogens (tertiary/aromatic N) is 2. The van der Waals surface area contributed by atoms with Gasteiger partial charge in [-0.05, 0) is 28.1 Å². The highest BCUT2D eigenvalue weighted by Gasteiger charge is 2.46. The molecule has 2 aromatic rings. The summed E-state index contributed by atoms with van der Waals surface area (Å²) in [5, 5.41) is 0.0106. The second kappa shape index (κ2) is 4.62. The topological polar surface area (TPSA) is 25.8 Å². The van der Waals surface area contributed by atoms with Crippen LogP contribution in [0.25, 0.3) is 10.9 Å². The van der Waals surface area contributed by atoms with Crippen LogP contribution in [0.1, 0.15) is 5.82 Å². The van der Waals surface area contributed by atoms with Crippen molar-refractivity contribution in [1.82, 2.24) is 9.97 Å². The number of aromatic nitrogens is 2. The highest BCUT2D eigenvalue weighted by Crippen LogP contribution is 2.35. The lowest BCUT2D eigenvalue weighted by Gasteiger charge is -2.14. The Hall–Kier alpha value is -0.950. The van der Waals surface area contributed by atoms with Crippen molar-refractivity contribution in [2.75, 3.05) is 0 Å². The lowest BCUT2D eigenvalue weighted by atomic mass is 10.2. The van der Waals surface area contributed by atoms with Gasteiger partial charge >= 0.3 is 12.3 Å². The van der Waals surface area contributed by atoms with E-state index in [1.807, 2.05) is 0 Å². The van der Waals surface area contributed by atoms with Crippen LogP contribution in [-0.2, 0) is 5.92 Å². The van der Waals surface area contributed by atoms with Crippen molar-refractivity contribution in [3.8, 4) is 0 Å².